The molecule has 4 nitrogen and oxygen atoms in total. The lowest BCUT2D eigenvalue weighted by molar-refractivity contribution is 0.0771. The standard InChI is InChI=1S/C12H19NO3/c1-13(7-10-3-2-6-15-10)8-11-4-5-12(9-14)16-11/h4-5,10,14H,2-3,6-9H2,1H3. The van der Waals surface area contributed by atoms with Crippen LogP contribution >= 0.6 is 0 Å². The lowest BCUT2D eigenvalue weighted by Gasteiger charge is -2.19. The van der Waals surface area contributed by atoms with Gasteiger partial charge in [-0.05, 0) is 32.0 Å². The van der Waals surface area contributed by atoms with E-state index >= 15 is 0 Å². The number of hydrogen-bond acceptors (Lipinski definition) is 4. The summed E-state index contributed by atoms with van der Waals surface area (Å²) in [6.45, 7) is 2.57. The highest BCUT2D eigenvalue weighted by Crippen LogP contribution is 2.15. The summed E-state index contributed by atoms with van der Waals surface area (Å²) in [6, 6.07) is 3.73. The molecule has 90 valence electrons. The predicted molar refractivity (Wildman–Crippen MR) is 59.9 cm³/mol. The molecule has 0 saturated carbocycles. The number of aliphatic hydroxyl groups is 1. The van der Waals surface area contributed by atoms with E-state index in [0.717, 1.165) is 31.9 Å². The van der Waals surface area contributed by atoms with Crippen molar-refractivity contribution in [3.05, 3.63) is 23.7 Å². The van der Waals surface area contributed by atoms with Gasteiger partial charge in [0.15, 0.2) is 0 Å². The molecule has 1 aliphatic rings. The van der Waals surface area contributed by atoms with Crippen LogP contribution in [0.25, 0.3) is 0 Å². The summed E-state index contributed by atoms with van der Waals surface area (Å²) in [6.07, 6.45) is 2.70. The van der Waals surface area contributed by atoms with Crippen LogP contribution < -0.4 is 0 Å². The van der Waals surface area contributed by atoms with Gasteiger partial charge in [-0.2, -0.15) is 0 Å². The van der Waals surface area contributed by atoms with Crippen molar-refractivity contribution in [2.24, 2.45) is 0 Å². The van der Waals surface area contributed by atoms with Gasteiger partial charge in [0.2, 0.25) is 0 Å². The van der Waals surface area contributed by atoms with Crippen LogP contribution in [0.5, 0.6) is 0 Å². The van der Waals surface area contributed by atoms with Crippen LogP contribution in [0.1, 0.15) is 24.4 Å². The summed E-state index contributed by atoms with van der Waals surface area (Å²) in [5.74, 6) is 1.52. The van der Waals surface area contributed by atoms with E-state index in [1.54, 1.807) is 0 Å². The number of nitrogens with zero attached hydrogens (tertiary/aromatic N) is 1. The Hall–Kier alpha value is -0.840. The Morgan fingerprint density at radius 2 is 2.25 bits per heavy atom. The fraction of sp³-hybridized carbons (Fsp3) is 0.667. The third-order valence-corrected chi connectivity index (χ3v) is 2.84. The molecule has 0 aromatic carbocycles. The van der Waals surface area contributed by atoms with Gasteiger partial charge >= 0.3 is 0 Å². The zero-order chi connectivity index (χ0) is 11.4. The summed E-state index contributed by atoms with van der Waals surface area (Å²) < 4.78 is 11.0. The van der Waals surface area contributed by atoms with Crippen LogP contribution in [0, 0.1) is 0 Å². The molecule has 0 bridgehead atoms. The first-order valence-electron chi connectivity index (χ1n) is 5.76. The number of hydrogen-bond donors (Lipinski definition) is 1. The van der Waals surface area contributed by atoms with E-state index in [1.807, 2.05) is 12.1 Å². The Bertz CT molecular complexity index is 318. The maximum Gasteiger partial charge on any atom is 0.129 e. The van der Waals surface area contributed by atoms with Gasteiger partial charge in [-0.15, -0.1) is 0 Å². The summed E-state index contributed by atoms with van der Waals surface area (Å²) in [5.41, 5.74) is 0. The van der Waals surface area contributed by atoms with Crippen LogP contribution in [-0.4, -0.2) is 36.3 Å². The highest BCUT2D eigenvalue weighted by atomic mass is 16.5. The van der Waals surface area contributed by atoms with Crippen molar-refractivity contribution in [1.82, 2.24) is 4.90 Å². The molecular formula is C12H19NO3. The largest absolute Gasteiger partial charge is 0.462 e. The van der Waals surface area contributed by atoms with E-state index in [1.165, 1.54) is 6.42 Å². The Morgan fingerprint density at radius 3 is 2.88 bits per heavy atom. The van der Waals surface area contributed by atoms with Gasteiger partial charge in [-0.25, -0.2) is 0 Å². The second-order valence-corrected chi connectivity index (χ2v) is 4.36. The van der Waals surface area contributed by atoms with Crippen molar-refractivity contribution in [1.29, 1.82) is 0 Å². The van der Waals surface area contributed by atoms with E-state index < -0.39 is 0 Å². The number of aliphatic hydroxyl groups excluding tert-OH is 1. The second kappa shape index (κ2) is 5.48. The summed E-state index contributed by atoms with van der Waals surface area (Å²) in [7, 11) is 2.06. The monoisotopic (exact) mass is 225 g/mol. The first kappa shape index (κ1) is 11.6. The Balaban J connectivity index is 1.79. The van der Waals surface area contributed by atoms with Crippen LogP contribution in [0.3, 0.4) is 0 Å². The van der Waals surface area contributed by atoms with Crippen molar-refractivity contribution in [2.75, 3.05) is 20.2 Å². The van der Waals surface area contributed by atoms with Gasteiger partial charge in [-0.1, -0.05) is 0 Å². The highest BCUT2D eigenvalue weighted by molar-refractivity contribution is 5.06. The molecule has 1 saturated heterocycles. The van der Waals surface area contributed by atoms with Crippen LogP contribution in [0.15, 0.2) is 16.5 Å². The summed E-state index contributed by atoms with van der Waals surface area (Å²) in [4.78, 5) is 2.19. The molecule has 1 unspecified atom stereocenters. The van der Waals surface area contributed by atoms with Gasteiger partial charge < -0.3 is 14.3 Å². The summed E-state index contributed by atoms with van der Waals surface area (Å²) >= 11 is 0. The topological polar surface area (TPSA) is 45.8 Å². The van der Waals surface area contributed by atoms with Gasteiger partial charge in [0.1, 0.15) is 18.1 Å². The highest BCUT2D eigenvalue weighted by Gasteiger charge is 2.17. The normalized spacial score (nSPS) is 20.8. The van der Waals surface area contributed by atoms with Crippen molar-refractivity contribution < 1.29 is 14.3 Å². The fourth-order valence-electron chi connectivity index (χ4n) is 2.06. The van der Waals surface area contributed by atoms with Crippen LogP contribution in [-0.2, 0) is 17.9 Å². The summed E-state index contributed by atoms with van der Waals surface area (Å²) in [5, 5.41) is 8.89. The minimum atomic E-state index is -0.0323. The maximum atomic E-state index is 8.89. The molecule has 1 fully saturated rings. The molecule has 0 aliphatic carbocycles. The molecule has 1 N–H and O–H groups in total. The number of furan rings is 1. The molecule has 1 atom stereocenters. The molecule has 1 aromatic rings. The van der Waals surface area contributed by atoms with E-state index in [-0.39, 0.29) is 6.61 Å². The first-order valence-corrected chi connectivity index (χ1v) is 5.76. The molecular weight excluding hydrogens is 206 g/mol. The molecule has 0 radical (unpaired) electrons. The predicted octanol–water partition coefficient (Wildman–Crippen LogP) is 1.38. The van der Waals surface area contributed by atoms with Crippen molar-refractivity contribution in [2.45, 2.75) is 32.1 Å². The molecule has 0 amide bonds. The molecule has 2 heterocycles. The van der Waals surface area contributed by atoms with Gasteiger partial charge in [0, 0.05) is 13.2 Å². The van der Waals surface area contributed by atoms with E-state index in [2.05, 4.69) is 11.9 Å². The minimum absolute atomic E-state index is 0.0323. The van der Waals surface area contributed by atoms with E-state index in [0.29, 0.717) is 11.9 Å². The van der Waals surface area contributed by atoms with Gasteiger partial charge in [-0.3, -0.25) is 4.90 Å². The number of likely N-dealkylation sites (N-methyl/N-ethyl adjacent to an activating group) is 1. The molecule has 1 aliphatic heterocycles. The van der Waals surface area contributed by atoms with Crippen LogP contribution in [0.4, 0.5) is 0 Å². The van der Waals surface area contributed by atoms with E-state index in [4.69, 9.17) is 14.3 Å². The van der Waals surface area contributed by atoms with E-state index in [9.17, 15) is 0 Å². The molecule has 1 aromatic heterocycles. The van der Waals surface area contributed by atoms with Crippen molar-refractivity contribution >= 4 is 0 Å². The average molecular weight is 225 g/mol. The fourth-order valence-corrected chi connectivity index (χ4v) is 2.06. The maximum absolute atomic E-state index is 8.89. The zero-order valence-corrected chi connectivity index (χ0v) is 9.69. The quantitative estimate of drug-likeness (QED) is 0.822. The second-order valence-electron chi connectivity index (χ2n) is 4.36. The first-order chi connectivity index (χ1) is 7.78. The minimum Gasteiger partial charge on any atom is -0.462 e. The van der Waals surface area contributed by atoms with Crippen LogP contribution in [0.2, 0.25) is 0 Å². The van der Waals surface area contributed by atoms with Crippen molar-refractivity contribution in [3.8, 4) is 0 Å². The van der Waals surface area contributed by atoms with Crippen molar-refractivity contribution in [3.63, 3.8) is 0 Å². The molecule has 0 spiro atoms. The van der Waals surface area contributed by atoms with Gasteiger partial charge in [0.05, 0.1) is 12.6 Å². The molecule has 2 rings (SSSR count). The Labute approximate surface area is 95.8 Å². The number of rotatable bonds is 5. The third kappa shape index (κ3) is 3.07. The lowest BCUT2D eigenvalue weighted by atomic mass is 10.2. The molecule has 16 heavy (non-hydrogen) atoms. The zero-order valence-electron chi connectivity index (χ0n) is 9.69. The third-order valence-electron chi connectivity index (χ3n) is 2.84. The molecule has 4 heteroatoms. The van der Waals surface area contributed by atoms with Gasteiger partial charge in [0.25, 0.3) is 0 Å². The SMILES string of the molecule is CN(Cc1ccc(CO)o1)CC1CCCO1. The smallest absolute Gasteiger partial charge is 0.129 e. The Kier molecular flexibility index (Phi) is 3.98. The average Bonchev–Trinajstić information content (AvgIpc) is 2.89. The number of ether oxygens (including phenoxy) is 1. The lowest BCUT2D eigenvalue weighted by Crippen LogP contribution is -2.28. The Morgan fingerprint density at radius 1 is 1.44 bits per heavy atom.